The summed E-state index contributed by atoms with van der Waals surface area (Å²) in [7, 11) is -4.02. The van der Waals surface area contributed by atoms with Gasteiger partial charge in [0.25, 0.3) is 10.0 Å². The fraction of sp³-hybridized carbons (Fsp3) is 0.455. The van der Waals surface area contributed by atoms with Gasteiger partial charge in [0.2, 0.25) is 5.03 Å². The third-order valence-corrected chi connectivity index (χ3v) is 3.89. The lowest BCUT2D eigenvalue weighted by Gasteiger charge is -2.13. The average molecular weight is 290 g/mol. The van der Waals surface area contributed by atoms with E-state index < -0.39 is 32.9 Å². The van der Waals surface area contributed by atoms with Gasteiger partial charge in [-0.3, -0.25) is 4.79 Å². The van der Waals surface area contributed by atoms with Crippen LogP contribution in [0.15, 0.2) is 23.4 Å². The summed E-state index contributed by atoms with van der Waals surface area (Å²) in [4.78, 5) is 13.8. The van der Waals surface area contributed by atoms with Crippen molar-refractivity contribution >= 4 is 16.0 Å². The summed E-state index contributed by atoms with van der Waals surface area (Å²) in [5.74, 6) is -1.86. The molecule has 0 aromatic carbocycles. The van der Waals surface area contributed by atoms with E-state index in [9.17, 15) is 17.6 Å². The van der Waals surface area contributed by atoms with Crippen LogP contribution >= 0.6 is 0 Å². The van der Waals surface area contributed by atoms with E-state index in [1.807, 2.05) is 0 Å². The molecular weight excluding hydrogens is 275 g/mol. The molecule has 0 saturated carbocycles. The molecule has 1 unspecified atom stereocenters. The van der Waals surface area contributed by atoms with Crippen LogP contribution in [0.25, 0.3) is 0 Å². The van der Waals surface area contributed by atoms with Gasteiger partial charge in [-0.1, -0.05) is 0 Å². The molecule has 0 spiro atoms. The Balaban J connectivity index is 2.65. The van der Waals surface area contributed by atoms with Crippen molar-refractivity contribution in [3.05, 3.63) is 24.1 Å². The van der Waals surface area contributed by atoms with Crippen molar-refractivity contribution in [3.63, 3.8) is 0 Å². The van der Waals surface area contributed by atoms with Crippen molar-refractivity contribution in [2.45, 2.75) is 37.3 Å². The van der Waals surface area contributed by atoms with E-state index in [0.29, 0.717) is 12.8 Å². The first-order valence-electron chi connectivity index (χ1n) is 5.67. The van der Waals surface area contributed by atoms with Crippen molar-refractivity contribution in [1.29, 1.82) is 0 Å². The molecule has 1 heterocycles. The molecule has 0 aliphatic rings. The van der Waals surface area contributed by atoms with Gasteiger partial charge >= 0.3 is 5.97 Å². The fourth-order valence-electron chi connectivity index (χ4n) is 1.51. The Bertz CT molecular complexity index is 547. The second-order valence-corrected chi connectivity index (χ2v) is 5.73. The molecule has 0 amide bonds. The van der Waals surface area contributed by atoms with Gasteiger partial charge in [0.15, 0.2) is 5.82 Å². The van der Waals surface area contributed by atoms with Crippen LogP contribution in [0.1, 0.15) is 26.2 Å². The van der Waals surface area contributed by atoms with Gasteiger partial charge in [0.05, 0.1) is 0 Å². The molecule has 1 aromatic rings. The number of aliphatic carboxylic acids is 1. The average Bonchev–Trinajstić information content (AvgIpc) is 2.27. The van der Waals surface area contributed by atoms with E-state index in [1.165, 1.54) is 12.3 Å². The molecule has 0 aliphatic heterocycles. The van der Waals surface area contributed by atoms with Gasteiger partial charge in [0.1, 0.15) is 0 Å². The Morgan fingerprint density at radius 2 is 2.26 bits per heavy atom. The first kappa shape index (κ1) is 15.5. The van der Waals surface area contributed by atoms with Crippen molar-refractivity contribution in [2.24, 2.45) is 0 Å². The number of aromatic nitrogens is 1. The molecule has 8 heteroatoms. The number of nitrogens with one attached hydrogen (secondary N) is 1. The third-order valence-electron chi connectivity index (χ3n) is 2.36. The predicted octanol–water partition coefficient (Wildman–Crippen LogP) is 1.14. The van der Waals surface area contributed by atoms with Crippen molar-refractivity contribution in [2.75, 3.05) is 0 Å². The third kappa shape index (κ3) is 4.92. The van der Waals surface area contributed by atoms with Crippen LogP contribution in [-0.2, 0) is 14.8 Å². The van der Waals surface area contributed by atoms with Gasteiger partial charge < -0.3 is 5.11 Å². The fourth-order valence-corrected chi connectivity index (χ4v) is 2.79. The monoisotopic (exact) mass is 290 g/mol. The molecule has 2 N–H and O–H groups in total. The number of rotatable bonds is 7. The number of hydrogen-bond acceptors (Lipinski definition) is 4. The van der Waals surface area contributed by atoms with Crippen molar-refractivity contribution in [3.8, 4) is 0 Å². The normalized spacial score (nSPS) is 13.2. The molecule has 1 rings (SSSR count). The highest BCUT2D eigenvalue weighted by Crippen LogP contribution is 2.11. The Hall–Kier alpha value is -1.54. The number of sulfonamides is 1. The molecule has 19 heavy (non-hydrogen) atoms. The zero-order valence-electron chi connectivity index (χ0n) is 10.3. The lowest BCUT2D eigenvalue weighted by molar-refractivity contribution is -0.137. The van der Waals surface area contributed by atoms with E-state index in [0.717, 1.165) is 6.07 Å². The summed E-state index contributed by atoms with van der Waals surface area (Å²) in [6, 6.07) is 1.81. The first-order valence-corrected chi connectivity index (χ1v) is 7.16. The lowest BCUT2D eigenvalue weighted by Crippen LogP contribution is -2.33. The lowest BCUT2D eigenvalue weighted by atomic mass is 10.1. The van der Waals surface area contributed by atoms with Gasteiger partial charge in [-0.05, 0) is 31.9 Å². The Labute approximate surface area is 110 Å². The first-order chi connectivity index (χ1) is 8.83. The van der Waals surface area contributed by atoms with Crippen molar-refractivity contribution < 1.29 is 22.7 Å². The SMILES string of the molecule is CC(CCCC(=O)O)NS(=O)(=O)c1ncccc1F. The van der Waals surface area contributed by atoms with Crippen LogP contribution in [0.5, 0.6) is 0 Å². The number of hydrogen-bond donors (Lipinski definition) is 2. The van der Waals surface area contributed by atoms with Crippen LogP contribution in [0.3, 0.4) is 0 Å². The second-order valence-electron chi connectivity index (χ2n) is 4.10. The summed E-state index contributed by atoms with van der Waals surface area (Å²) in [6.45, 7) is 1.58. The minimum atomic E-state index is -4.02. The van der Waals surface area contributed by atoms with Crippen LogP contribution in [0.2, 0.25) is 0 Å². The number of carboxylic acids is 1. The highest BCUT2D eigenvalue weighted by Gasteiger charge is 2.22. The standard InChI is InChI=1S/C11H15FN2O4S/c1-8(4-2-6-10(15)16)14-19(17,18)11-9(12)5-3-7-13-11/h3,5,7-8,14H,2,4,6H2,1H3,(H,15,16). The smallest absolute Gasteiger partial charge is 0.303 e. The topological polar surface area (TPSA) is 96.4 Å². The minimum absolute atomic E-state index is 0.0377. The quantitative estimate of drug-likeness (QED) is 0.785. The Morgan fingerprint density at radius 3 is 2.84 bits per heavy atom. The van der Waals surface area contributed by atoms with E-state index >= 15 is 0 Å². The molecule has 6 nitrogen and oxygen atoms in total. The largest absolute Gasteiger partial charge is 0.481 e. The van der Waals surface area contributed by atoms with Gasteiger partial charge in [0, 0.05) is 18.7 Å². The number of halogens is 1. The highest BCUT2D eigenvalue weighted by molar-refractivity contribution is 7.89. The summed E-state index contributed by atoms with van der Waals surface area (Å²) in [5.41, 5.74) is 0. The molecule has 0 saturated heterocycles. The van der Waals surface area contributed by atoms with Gasteiger partial charge in [-0.15, -0.1) is 0 Å². The second kappa shape index (κ2) is 6.58. The maximum Gasteiger partial charge on any atom is 0.303 e. The molecule has 1 aromatic heterocycles. The molecule has 0 aliphatic carbocycles. The minimum Gasteiger partial charge on any atom is -0.481 e. The molecule has 106 valence electrons. The number of pyridine rings is 1. The van der Waals surface area contributed by atoms with E-state index in [-0.39, 0.29) is 6.42 Å². The molecule has 0 fully saturated rings. The molecule has 0 radical (unpaired) electrons. The number of nitrogens with zero attached hydrogens (tertiary/aromatic N) is 1. The highest BCUT2D eigenvalue weighted by atomic mass is 32.2. The van der Waals surface area contributed by atoms with Crippen LogP contribution in [0, 0.1) is 5.82 Å². The predicted molar refractivity (Wildman–Crippen MR) is 65.5 cm³/mol. The molecule has 0 bridgehead atoms. The van der Waals surface area contributed by atoms with E-state index in [2.05, 4.69) is 9.71 Å². The Kier molecular flexibility index (Phi) is 5.37. The molecule has 1 atom stereocenters. The summed E-state index contributed by atoms with van der Waals surface area (Å²) >= 11 is 0. The van der Waals surface area contributed by atoms with Crippen LogP contribution in [0.4, 0.5) is 4.39 Å². The number of carbonyl (C=O) groups is 1. The zero-order valence-corrected chi connectivity index (χ0v) is 11.2. The van der Waals surface area contributed by atoms with Gasteiger partial charge in [-0.25, -0.2) is 22.5 Å². The van der Waals surface area contributed by atoms with E-state index in [1.54, 1.807) is 6.92 Å². The van der Waals surface area contributed by atoms with Crippen LogP contribution < -0.4 is 4.72 Å². The van der Waals surface area contributed by atoms with E-state index in [4.69, 9.17) is 5.11 Å². The van der Waals surface area contributed by atoms with Gasteiger partial charge in [-0.2, -0.15) is 0 Å². The van der Waals surface area contributed by atoms with Crippen LogP contribution in [-0.4, -0.2) is 30.5 Å². The maximum atomic E-state index is 13.3. The number of carboxylic acid groups (broad SMARTS) is 1. The Morgan fingerprint density at radius 1 is 1.58 bits per heavy atom. The zero-order chi connectivity index (χ0) is 14.5. The summed E-state index contributed by atoms with van der Waals surface area (Å²) in [5, 5.41) is 7.82. The summed E-state index contributed by atoms with van der Waals surface area (Å²) in [6.07, 6.45) is 1.83. The van der Waals surface area contributed by atoms with Crippen molar-refractivity contribution in [1.82, 2.24) is 9.71 Å². The molecular formula is C11H15FN2O4S. The summed E-state index contributed by atoms with van der Waals surface area (Å²) < 4.78 is 39.3. The maximum absolute atomic E-state index is 13.3.